The number of piperidine rings is 1. The van der Waals surface area contributed by atoms with Crippen LogP contribution in [0.2, 0.25) is 0 Å². The number of hydrogen-bond donors (Lipinski definition) is 2. The van der Waals surface area contributed by atoms with E-state index in [2.05, 4.69) is 15.7 Å². The largest absolute Gasteiger partial charge is 0.469 e. The lowest BCUT2D eigenvalue weighted by Crippen LogP contribution is -2.55. The molecule has 5 rings (SSSR count). The van der Waals surface area contributed by atoms with Gasteiger partial charge in [0, 0.05) is 19.6 Å². The zero-order valence-corrected chi connectivity index (χ0v) is 18.0. The van der Waals surface area contributed by atoms with E-state index < -0.39 is 0 Å². The van der Waals surface area contributed by atoms with Crippen molar-refractivity contribution in [3.05, 3.63) is 0 Å². The Labute approximate surface area is 175 Å². The van der Waals surface area contributed by atoms with Crippen LogP contribution in [0.25, 0.3) is 0 Å². The number of ether oxygens (including phenoxy) is 1. The van der Waals surface area contributed by atoms with Crippen LogP contribution in [-0.2, 0) is 14.4 Å². The van der Waals surface area contributed by atoms with E-state index in [0.717, 1.165) is 44.1 Å². The fraction of sp³-hybridized carbons (Fsp3) is 0.957. The Morgan fingerprint density at radius 3 is 2.52 bits per heavy atom. The minimum atomic E-state index is -0.0410. The van der Waals surface area contributed by atoms with Crippen molar-refractivity contribution in [1.82, 2.24) is 15.7 Å². The maximum absolute atomic E-state index is 11.8. The van der Waals surface area contributed by atoms with E-state index in [1.165, 1.54) is 65.1 Å². The molecular weight excluding hydrogens is 366 g/mol. The molecule has 29 heavy (non-hydrogen) atoms. The Morgan fingerprint density at radius 1 is 1.03 bits per heavy atom. The molecule has 6 nitrogen and oxygen atoms in total. The normalized spacial score (nSPS) is 45.6. The van der Waals surface area contributed by atoms with Crippen LogP contribution < -0.4 is 10.8 Å². The molecule has 0 aromatic heterocycles. The molecule has 2 N–H and O–H groups in total. The zero-order chi connectivity index (χ0) is 19.8. The highest BCUT2D eigenvalue weighted by molar-refractivity contribution is 5.72. The van der Waals surface area contributed by atoms with Gasteiger partial charge in [-0.25, -0.2) is 0 Å². The number of hydroxylamine groups is 1. The molecule has 0 aromatic rings. The Bertz CT molecular complexity index is 594. The average molecular weight is 406 g/mol. The van der Waals surface area contributed by atoms with Crippen molar-refractivity contribution in [3.8, 4) is 0 Å². The summed E-state index contributed by atoms with van der Waals surface area (Å²) in [4.78, 5) is 20.4. The summed E-state index contributed by atoms with van der Waals surface area (Å²) in [6.45, 7) is 3.53. The predicted octanol–water partition coefficient (Wildman–Crippen LogP) is 3.03. The van der Waals surface area contributed by atoms with Gasteiger partial charge in [-0.05, 0) is 74.5 Å². The third-order valence-electron chi connectivity index (χ3n) is 9.13. The molecule has 3 saturated carbocycles. The summed E-state index contributed by atoms with van der Waals surface area (Å²) in [5.74, 6) is 2.41. The van der Waals surface area contributed by atoms with E-state index in [-0.39, 0.29) is 24.3 Å². The molecule has 2 saturated heterocycles. The smallest absolute Gasteiger partial charge is 0.308 e. The number of rotatable bonds is 4. The summed E-state index contributed by atoms with van der Waals surface area (Å²) in [6, 6.07) is 0. The first-order valence-electron chi connectivity index (χ1n) is 12.2. The second-order valence-corrected chi connectivity index (χ2v) is 10.5. The summed E-state index contributed by atoms with van der Waals surface area (Å²) >= 11 is 0. The van der Waals surface area contributed by atoms with Crippen molar-refractivity contribution in [1.29, 1.82) is 0 Å². The average Bonchev–Trinajstić information content (AvgIpc) is 3.38. The molecule has 6 heteroatoms. The monoisotopic (exact) mass is 405 g/mol. The van der Waals surface area contributed by atoms with Gasteiger partial charge < -0.3 is 4.74 Å². The minimum absolute atomic E-state index is 0.0410. The third-order valence-corrected chi connectivity index (χ3v) is 9.13. The van der Waals surface area contributed by atoms with Gasteiger partial charge in [-0.3, -0.25) is 19.8 Å². The summed E-state index contributed by atoms with van der Waals surface area (Å²) < 4.78 is 4.92. The molecule has 1 spiro atoms. The van der Waals surface area contributed by atoms with Gasteiger partial charge in [-0.15, -0.1) is 0 Å². The van der Waals surface area contributed by atoms with Crippen LogP contribution >= 0.6 is 0 Å². The van der Waals surface area contributed by atoms with E-state index >= 15 is 0 Å². The number of nitrogens with zero attached hydrogens (tertiary/aromatic N) is 1. The van der Waals surface area contributed by atoms with Crippen molar-refractivity contribution in [2.45, 2.75) is 83.0 Å². The molecule has 164 valence electrons. The lowest BCUT2D eigenvalue weighted by atomic mass is 9.59. The van der Waals surface area contributed by atoms with Gasteiger partial charge in [-0.1, -0.05) is 19.3 Å². The maximum Gasteiger partial charge on any atom is 0.308 e. The molecule has 3 aliphatic carbocycles. The first kappa shape index (κ1) is 20.2. The minimum Gasteiger partial charge on any atom is -0.469 e. The van der Waals surface area contributed by atoms with Gasteiger partial charge in [0.25, 0.3) is 0 Å². The van der Waals surface area contributed by atoms with Gasteiger partial charge >= 0.3 is 5.97 Å². The number of esters is 1. The van der Waals surface area contributed by atoms with Crippen LogP contribution in [0.3, 0.4) is 0 Å². The molecule has 0 aromatic carbocycles. The van der Waals surface area contributed by atoms with Crippen LogP contribution in [0, 0.1) is 29.1 Å². The lowest BCUT2D eigenvalue weighted by molar-refractivity contribution is -0.146. The van der Waals surface area contributed by atoms with E-state index in [1.807, 2.05) is 0 Å². The van der Waals surface area contributed by atoms with Crippen molar-refractivity contribution in [2.75, 3.05) is 26.7 Å². The Morgan fingerprint density at radius 2 is 1.76 bits per heavy atom. The first-order chi connectivity index (χ1) is 14.2. The quantitative estimate of drug-likeness (QED) is 0.701. The summed E-state index contributed by atoms with van der Waals surface area (Å²) in [6.07, 6.45) is 14.5. The summed E-state index contributed by atoms with van der Waals surface area (Å²) in [5.41, 5.74) is 3.96. The van der Waals surface area contributed by atoms with Crippen molar-refractivity contribution < 1.29 is 14.4 Å². The Kier molecular flexibility index (Phi) is 5.89. The SMILES string of the molecule is COC(=O)C1CCC(C2NOC(CN3CC4CCCCC45CCCC5C3)N2)CC1. The van der Waals surface area contributed by atoms with Crippen molar-refractivity contribution >= 4 is 5.97 Å². The van der Waals surface area contributed by atoms with Gasteiger partial charge in [0.2, 0.25) is 0 Å². The molecule has 5 fully saturated rings. The maximum atomic E-state index is 11.8. The first-order valence-corrected chi connectivity index (χ1v) is 12.2. The number of carbonyl (C=O) groups excluding carboxylic acids is 1. The molecule has 0 bridgehead atoms. The molecule has 5 atom stereocenters. The summed E-state index contributed by atoms with van der Waals surface area (Å²) in [7, 11) is 1.50. The van der Waals surface area contributed by atoms with E-state index in [0.29, 0.717) is 11.3 Å². The van der Waals surface area contributed by atoms with Gasteiger partial charge in [0.05, 0.1) is 19.2 Å². The number of likely N-dealkylation sites (tertiary alicyclic amines) is 1. The van der Waals surface area contributed by atoms with Crippen molar-refractivity contribution in [2.24, 2.45) is 29.1 Å². The summed E-state index contributed by atoms with van der Waals surface area (Å²) in [5, 5.41) is 3.70. The molecular formula is C23H39N3O3. The van der Waals surface area contributed by atoms with Gasteiger partial charge in [0.15, 0.2) is 0 Å². The highest BCUT2D eigenvalue weighted by Gasteiger charge is 2.52. The zero-order valence-electron chi connectivity index (χ0n) is 18.0. The van der Waals surface area contributed by atoms with Crippen LogP contribution in [0.1, 0.15) is 70.6 Å². The van der Waals surface area contributed by atoms with Gasteiger partial charge in [-0.2, -0.15) is 5.48 Å². The molecule has 2 heterocycles. The number of carbonyl (C=O) groups is 1. The fourth-order valence-electron chi connectivity index (χ4n) is 7.60. The number of methoxy groups -OCH3 is 1. The van der Waals surface area contributed by atoms with E-state index in [9.17, 15) is 4.79 Å². The van der Waals surface area contributed by atoms with E-state index in [4.69, 9.17) is 9.57 Å². The topological polar surface area (TPSA) is 62.8 Å². The fourth-order valence-corrected chi connectivity index (χ4v) is 7.60. The van der Waals surface area contributed by atoms with E-state index in [1.54, 1.807) is 0 Å². The number of hydrogen-bond acceptors (Lipinski definition) is 6. The molecule has 0 amide bonds. The standard InChI is InChI=1S/C23H39N3O3/c1-28-22(27)17-9-7-16(8-10-17)21-24-20(29-25-21)15-26-13-18-5-2-3-11-23(18)12-4-6-19(23)14-26/h16-21,24-25H,2-15H2,1H3. The second kappa shape index (κ2) is 8.45. The van der Waals surface area contributed by atoms with Crippen molar-refractivity contribution in [3.63, 3.8) is 0 Å². The molecule has 5 aliphatic rings. The highest BCUT2D eigenvalue weighted by atomic mass is 16.7. The third kappa shape index (κ3) is 3.86. The van der Waals surface area contributed by atoms with Crippen LogP contribution in [0.4, 0.5) is 0 Å². The van der Waals surface area contributed by atoms with Crippen LogP contribution in [-0.4, -0.2) is 50.0 Å². The Balaban J connectivity index is 1.12. The predicted molar refractivity (Wildman–Crippen MR) is 111 cm³/mol. The number of nitrogens with one attached hydrogen (secondary N) is 2. The lowest BCUT2D eigenvalue weighted by Gasteiger charge is -2.53. The molecule has 0 radical (unpaired) electrons. The Hall–Kier alpha value is -0.690. The highest BCUT2D eigenvalue weighted by Crippen LogP contribution is 2.58. The van der Waals surface area contributed by atoms with Gasteiger partial charge in [0.1, 0.15) is 6.23 Å². The molecule has 2 aliphatic heterocycles. The second-order valence-electron chi connectivity index (χ2n) is 10.5. The van der Waals surface area contributed by atoms with Crippen LogP contribution in [0.15, 0.2) is 0 Å². The molecule has 5 unspecified atom stereocenters. The van der Waals surface area contributed by atoms with Crippen LogP contribution in [0.5, 0.6) is 0 Å².